The van der Waals surface area contributed by atoms with Crippen LogP contribution in [0.25, 0.3) is 0 Å². The van der Waals surface area contributed by atoms with E-state index in [0.29, 0.717) is 70.8 Å². The van der Waals surface area contributed by atoms with Crippen molar-refractivity contribution in [2.24, 2.45) is 40.4 Å². The highest BCUT2D eigenvalue weighted by molar-refractivity contribution is 7.86. The molecule has 3 rings (SSSR count). The van der Waals surface area contributed by atoms with Crippen LogP contribution in [-0.4, -0.2) is 74.2 Å². The molecule has 0 aromatic carbocycles. The molecule has 3 aliphatic rings. The molecule has 276 valence electrons. The van der Waals surface area contributed by atoms with Gasteiger partial charge in [-0.2, -0.15) is 30.4 Å². The van der Waals surface area contributed by atoms with E-state index < -0.39 is 63.6 Å². The monoisotopic (exact) mass is 720 g/mol. The number of hydrogen-bond donors (Lipinski definition) is 1. The molecule has 11 atom stereocenters. The van der Waals surface area contributed by atoms with Crippen LogP contribution < -0.4 is 0 Å². The van der Waals surface area contributed by atoms with Crippen molar-refractivity contribution < 1.29 is 73.0 Å². The highest BCUT2D eigenvalue weighted by atomic mass is 32.2. The molecule has 0 aromatic heterocycles. The van der Waals surface area contributed by atoms with Gasteiger partial charge < -0.3 is 18.9 Å². The number of hydrogen-bond acceptors (Lipinski definition) is 10. The van der Waals surface area contributed by atoms with Crippen molar-refractivity contribution in [2.75, 3.05) is 0 Å². The summed E-state index contributed by atoms with van der Waals surface area (Å²) in [7, 11) is -6.57. The van der Waals surface area contributed by atoms with Gasteiger partial charge in [-0.3, -0.25) is 23.7 Å². The molecule has 3 saturated carbocycles. The SMILES string of the molecule is CCC(CC[C@@]1(C)CCC(OC=O)[C@@H]2[C@@H]1CC(OC=O)[C@]1(C)[C@@H]([C@H](C)CCC(=O)OC(C(F)(F)F)C(F)(F)S(=O)(=O)O)CC[C@@H]21)OC=O. The summed E-state index contributed by atoms with van der Waals surface area (Å²) in [5, 5.41) is -5.83. The second-order valence-corrected chi connectivity index (χ2v) is 15.5. The lowest BCUT2D eigenvalue weighted by atomic mass is 9.46. The normalized spacial score (nSPS) is 34.0. The highest BCUT2D eigenvalue weighted by Gasteiger charge is 2.67. The predicted molar refractivity (Wildman–Crippen MR) is 156 cm³/mol. The number of halogens is 5. The van der Waals surface area contributed by atoms with Crippen molar-refractivity contribution in [1.82, 2.24) is 0 Å². The molecule has 17 heteroatoms. The molecule has 0 spiro atoms. The Labute approximate surface area is 276 Å². The van der Waals surface area contributed by atoms with Crippen LogP contribution in [0.1, 0.15) is 91.9 Å². The fourth-order valence-electron chi connectivity index (χ4n) is 9.22. The van der Waals surface area contributed by atoms with Crippen LogP contribution >= 0.6 is 0 Å². The molecule has 0 aliphatic heterocycles. The van der Waals surface area contributed by atoms with Crippen LogP contribution in [0.4, 0.5) is 22.0 Å². The van der Waals surface area contributed by atoms with Gasteiger partial charge in [-0.05, 0) is 86.9 Å². The topological polar surface area (TPSA) is 160 Å². The summed E-state index contributed by atoms with van der Waals surface area (Å²) in [4.78, 5) is 46.8. The molecule has 0 aromatic rings. The van der Waals surface area contributed by atoms with Crippen molar-refractivity contribution >= 4 is 35.5 Å². The van der Waals surface area contributed by atoms with Gasteiger partial charge in [0.25, 0.3) is 25.5 Å². The Morgan fingerprint density at radius 3 is 2.17 bits per heavy atom. The summed E-state index contributed by atoms with van der Waals surface area (Å²) in [6, 6.07) is 0. The molecular formula is C31H45F5O11S. The molecule has 48 heavy (non-hydrogen) atoms. The maximum atomic E-state index is 13.9. The number of carbonyl (C=O) groups is 4. The summed E-state index contributed by atoms with van der Waals surface area (Å²) in [6.07, 6.45) is -7.82. The summed E-state index contributed by atoms with van der Waals surface area (Å²) in [5.74, 6) is -2.77. The van der Waals surface area contributed by atoms with Gasteiger partial charge in [-0.1, -0.05) is 27.7 Å². The molecular weight excluding hydrogens is 675 g/mol. The standard InChI is InChI=1S/C31H45F5O11S/c1-5-19(44-15-37)10-12-28(3)13-11-23(45-16-38)26-21-8-7-20(29(21,4)24(46-17-39)14-22(26)28)18(2)6-9-25(40)47-27(30(32,33)34)31(35,36)48(41,42)43/h15-24,26-27H,5-14H2,1-4H3,(H,41,42,43)/t18-,19?,20-,21+,22+,23?,24?,26+,27?,28+,29-/m1/s1. The zero-order chi connectivity index (χ0) is 36.3. The highest BCUT2D eigenvalue weighted by Crippen LogP contribution is 2.67. The van der Waals surface area contributed by atoms with Crippen molar-refractivity contribution in [3.05, 3.63) is 0 Å². The largest absolute Gasteiger partial charge is 0.465 e. The van der Waals surface area contributed by atoms with E-state index in [2.05, 4.69) is 11.7 Å². The van der Waals surface area contributed by atoms with Crippen molar-refractivity contribution in [3.63, 3.8) is 0 Å². The molecule has 3 aliphatic carbocycles. The molecule has 0 amide bonds. The van der Waals surface area contributed by atoms with Crippen LogP contribution in [0.5, 0.6) is 0 Å². The molecule has 0 heterocycles. The predicted octanol–water partition coefficient (Wildman–Crippen LogP) is 5.64. The van der Waals surface area contributed by atoms with E-state index in [-0.39, 0.29) is 41.6 Å². The summed E-state index contributed by atoms with van der Waals surface area (Å²) in [5.41, 5.74) is -1.02. The first-order valence-corrected chi connectivity index (χ1v) is 17.5. The number of carbonyl (C=O) groups excluding carboxylic acids is 4. The second kappa shape index (κ2) is 15.1. The lowest BCUT2D eigenvalue weighted by Crippen LogP contribution is -2.60. The molecule has 0 bridgehead atoms. The van der Waals surface area contributed by atoms with E-state index in [0.717, 1.165) is 0 Å². The third-order valence-electron chi connectivity index (χ3n) is 11.7. The van der Waals surface area contributed by atoms with Crippen LogP contribution in [0.3, 0.4) is 0 Å². The van der Waals surface area contributed by atoms with E-state index in [1.54, 1.807) is 6.92 Å². The van der Waals surface area contributed by atoms with E-state index in [1.807, 2.05) is 13.8 Å². The number of ether oxygens (including phenoxy) is 4. The first-order chi connectivity index (χ1) is 22.2. The van der Waals surface area contributed by atoms with Gasteiger partial charge in [0.2, 0.25) is 0 Å². The Morgan fingerprint density at radius 2 is 1.62 bits per heavy atom. The number of esters is 1. The van der Waals surface area contributed by atoms with Gasteiger partial charge in [0.15, 0.2) is 0 Å². The van der Waals surface area contributed by atoms with E-state index in [4.69, 9.17) is 18.8 Å². The maximum absolute atomic E-state index is 13.9. The number of fused-ring (bicyclic) bond motifs is 3. The van der Waals surface area contributed by atoms with E-state index in [9.17, 15) is 49.5 Å². The Balaban J connectivity index is 1.86. The third kappa shape index (κ3) is 7.91. The van der Waals surface area contributed by atoms with Gasteiger partial charge in [0.1, 0.15) is 18.3 Å². The van der Waals surface area contributed by atoms with Crippen LogP contribution in [0, 0.1) is 40.4 Å². The van der Waals surface area contributed by atoms with Gasteiger partial charge >= 0.3 is 27.5 Å². The molecule has 11 nitrogen and oxygen atoms in total. The second-order valence-electron chi connectivity index (χ2n) is 14.0. The van der Waals surface area contributed by atoms with Gasteiger partial charge in [-0.25, -0.2) is 0 Å². The van der Waals surface area contributed by atoms with Crippen molar-refractivity contribution in [1.29, 1.82) is 0 Å². The summed E-state index contributed by atoms with van der Waals surface area (Å²) in [6.45, 7) is 8.93. The molecule has 3 fully saturated rings. The third-order valence-corrected chi connectivity index (χ3v) is 12.6. The van der Waals surface area contributed by atoms with Crippen molar-refractivity contribution in [2.45, 2.75) is 128 Å². The quantitative estimate of drug-likeness (QED) is 0.0651. The Bertz CT molecular complexity index is 1260. The van der Waals surface area contributed by atoms with Gasteiger partial charge in [0, 0.05) is 17.8 Å². The number of alkyl halides is 5. The zero-order valence-electron chi connectivity index (χ0n) is 27.3. The fraction of sp³-hybridized carbons (Fsp3) is 0.871. The summed E-state index contributed by atoms with van der Waals surface area (Å²) < 4.78 is 119. The average molecular weight is 721 g/mol. The molecule has 0 saturated heterocycles. The summed E-state index contributed by atoms with van der Waals surface area (Å²) >= 11 is 0. The van der Waals surface area contributed by atoms with Crippen LogP contribution in [-0.2, 0) is 48.2 Å². The van der Waals surface area contributed by atoms with Crippen molar-refractivity contribution in [3.8, 4) is 0 Å². The maximum Gasteiger partial charge on any atom is 0.432 e. The smallest absolute Gasteiger partial charge is 0.432 e. The lowest BCUT2D eigenvalue weighted by molar-refractivity contribution is -0.259. The average Bonchev–Trinajstić information content (AvgIpc) is 3.35. The molecule has 4 unspecified atom stereocenters. The van der Waals surface area contributed by atoms with Crippen LogP contribution in [0.2, 0.25) is 0 Å². The lowest BCUT2D eigenvalue weighted by Gasteiger charge is -2.60. The minimum absolute atomic E-state index is 0.0548. The van der Waals surface area contributed by atoms with E-state index >= 15 is 0 Å². The molecule has 0 radical (unpaired) electrons. The first kappa shape index (κ1) is 39.9. The first-order valence-electron chi connectivity index (χ1n) is 16.1. The minimum Gasteiger partial charge on any atom is -0.465 e. The Kier molecular flexibility index (Phi) is 12.6. The fourth-order valence-corrected chi connectivity index (χ4v) is 9.68. The van der Waals surface area contributed by atoms with Gasteiger partial charge in [-0.15, -0.1) is 0 Å². The minimum atomic E-state index is -6.57. The zero-order valence-corrected chi connectivity index (χ0v) is 28.1. The number of rotatable bonds is 17. The Morgan fingerprint density at radius 1 is 0.979 bits per heavy atom. The Hall–Kier alpha value is -2.56. The van der Waals surface area contributed by atoms with Crippen LogP contribution in [0.15, 0.2) is 0 Å². The van der Waals surface area contributed by atoms with Gasteiger partial charge in [0.05, 0.1) is 0 Å². The van der Waals surface area contributed by atoms with E-state index in [1.165, 1.54) is 0 Å². The molecule has 1 N–H and O–H groups in total.